The molecule has 1 aromatic carbocycles. The maximum Gasteiger partial charge on any atom is 0.178 e. The molecule has 0 aliphatic heterocycles. The van der Waals surface area contributed by atoms with Gasteiger partial charge in [-0.3, -0.25) is 0 Å². The van der Waals surface area contributed by atoms with E-state index in [2.05, 4.69) is 5.32 Å². The van der Waals surface area contributed by atoms with Crippen LogP contribution in [0.5, 0.6) is 0 Å². The highest BCUT2D eigenvalue weighted by Gasteiger charge is 2.13. The zero-order valence-electron chi connectivity index (χ0n) is 9.82. The van der Waals surface area contributed by atoms with Crippen LogP contribution in [0.15, 0.2) is 23.1 Å². The summed E-state index contributed by atoms with van der Waals surface area (Å²) in [5.74, 6) is 0.0867. The lowest BCUT2D eigenvalue weighted by molar-refractivity contribution is 0.597. The van der Waals surface area contributed by atoms with E-state index in [-0.39, 0.29) is 16.7 Å². The molecule has 5 heteroatoms. The van der Waals surface area contributed by atoms with Crippen molar-refractivity contribution in [1.82, 2.24) is 0 Å². The Morgan fingerprint density at radius 1 is 1.38 bits per heavy atom. The molecule has 0 saturated carbocycles. The van der Waals surface area contributed by atoms with Crippen LogP contribution in [0.1, 0.15) is 20.8 Å². The third-order valence-corrected chi connectivity index (χ3v) is 3.94. The van der Waals surface area contributed by atoms with Crippen molar-refractivity contribution in [2.75, 3.05) is 16.8 Å². The minimum atomic E-state index is -3.17. The van der Waals surface area contributed by atoms with Crippen molar-refractivity contribution in [2.24, 2.45) is 0 Å². The zero-order valence-corrected chi connectivity index (χ0v) is 10.6. The first-order valence-electron chi connectivity index (χ1n) is 5.25. The Morgan fingerprint density at radius 2 is 2.00 bits per heavy atom. The van der Waals surface area contributed by atoms with Crippen molar-refractivity contribution in [2.45, 2.75) is 31.7 Å². The van der Waals surface area contributed by atoms with Crippen LogP contribution in [0.4, 0.5) is 11.4 Å². The Labute approximate surface area is 96.8 Å². The van der Waals surface area contributed by atoms with Gasteiger partial charge >= 0.3 is 0 Å². The highest BCUT2D eigenvalue weighted by Crippen LogP contribution is 2.23. The van der Waals surface area contributed by atoms with Gasteiger partial charge in [0.2, 0.25) is 0 Å². The van der Waals surface area contributed by atoms with E-state index in [1.807, 2.05) is 13.8 Å². The minimum Gasteiger partial charge on any atom is -0.397 e. The lowest BCUT2D eigenvalue weighted by Gasteiger charge is -2.13. The number of benzene rings is 1. The maximum atomic E-state index is 11.6. The highest BCUT2D eigenvalue weighted by molar-refractivity contribution is 7.91. The Hall–Kier alpha value is -1.23. The average Bonchev–Trinajstić information content (AvgIpc) is 2.20. The summed E-state index contributed by atoms with van der Waals surface area (Å²) >= 11 is 0. The molecule has 0 spiro atoms. The molecular weight excluding hydrogens is 224 g/mol. The molecule has 0 amide bonds. The van der Waals surface area contributed by atoms with Crippen LogP contribution in [0.2, 0.25) is 0 Å². The van der Waals surface area contributed by atoms with Gasteiger partial charge in [-0.25, -0.2) is 8.42 Å². The van der Waals surface area contributed by atoms with E-state index in [0.29, 0.717) is 5.69 Å². The van der Waals surface area contributed by atoms with E-state index in [1.54, 1.807) is 19.1 Å². The number of rotatable bonds is 4. The molecule has 1 aromatic rings. The second-order valence-electron chi connectivity index (χ2n) is 3.95. The summed E-state index contributed by atoms with van der Waals surface area (Å²) in [6.07, 6.45) is 0. The molecule has 0 saturated heterocycles. The van der Waals surface area contributed by atoms with Crippen LogP contribution < -0.4 is 11.1 Å². The summed E-state index contributed by atoms with van der Waals surface area (Å²) < 4.78 is 23.2. The maximum absolute atomic E-state index is 11.6. The molecule has 0 aromatic heterocycles. The molecule has 0 aliphatic rings. The van der Waals surface area contributed by atoms with Crippen LogP contribution in [0, 0.1) is 0 Å². The lowest BCUT2D eigenvalue weighted by atomic mass is 10.2. The van der Waals surface area contributed by atoms with Gasteiger partial charge in [0.1, 0.15) is 0 Å². The second-order valence-corrected chi connectivity index (χ2v) is 6.23. The fourth-order valence-electron chi connectivity index (χ4n) is 1.34. The molecule has 0 fully saturated rings. The Bertz CT molecular complexity index is 467. The van der Waals surface area contributed by atoms with Gasteiger partial charge in [0, 0.05) is 6.04 Å². The highest BCUT2D eigenvalue weighted by atomic mass is 32.2. The first-order valence-corrected chi connectivity index (χ1v) is 6.91. The number of sulfone groups is 1. The van der Waals surface area contributed by atoms with Crippen molar-refractivity contribution in [3.63, 3.8) is 0 Å². The van der Waals surface area contributed by atoms with Crippen LogP contribution in [0.25, 0.3) is 0 Å². The number of nitrogens with two attached hydrogens (primary N) is 1. The van der Waals surface area contributed by atoms with Gasteiger partial charge < -0.3 is 11.1 Å². The van der Waals surface area contributed by atoms with E-state index in [4.69, 9.17) is 5.73 Å². The monoisotopic (exact) mass is 242 g/mol. The van der Waals surface area contributed by atoms with Gasteiger partial charge in [0.05, 0.1) is 22.0 Å². The number of nitrogens with one attached hydrogen (secondary N) is 1. The summed E-state index contributed by atoms with van der Waals surface area (Å²) in [6, 6.07) is 5.05. The summed E-state index contributed by atoms with van der Waals surface area (Å²) in [4.78, 5) is 0.279. The normalized spacial score (nSPS) is 11.8. The van der Waals surface area contributed by atoms with E-state index in [9.17, 15) is 8.42 Å². The molecule has 3 N–H and O–H groups in total. The van der Waals surface area contributed by atoms with Gasteiger partial charge in [-0.1, -0.05) is 6.92 Å². The standard InChI is InChI=1S/C11H18N2O2S/c1-4-16(14,15)9-5-6-11(10(12)7-9)13-8(2)3/h5-8,13H,4,12H2,1-3H3. The topological polar surface area (TPSA) is 72.2 Å². The third-order valence-electron chi connectivity index (χ3n) is 2.21. The number of hydrogen-bond acceptors (Lipinski definition) is 4. The average molecular weight is 242 g/mol. The number of anilines is 2. The fourth-order valence-corrected chi connectivity index (χ4v) is 2.26. The van der Waals surface area contributed by atoms with Crippen molar-refractivity contribution >= 4 is 21.2 Å². The molecular formula is C11H18N2O2S. The van der Waals surface area contributed by atoms with Gasteiger partial charge in [-0.15, -0.1) is 0 Å². The minimum absolute atomic E-state index is 0.0867. The summed E-state index contributed by atoms with van der Waals surface area (Å²) in [7, 11) is -3.17. The smallest absolute Gasteiger partial charge is 0.178 e. The van der Waals surface area contributed by atoms with E-state index >= 15 is 0 Å². The molecule has 0 bridgehead atoms. The van der Waals surface area contributed by atoms with Crippen molar-refractivity contribution < 1.29 is 8.42 Å². The Balaban J connectivity index is 3.09. The molecule has 0 aliphatic carbocycles. The summed E-state index contributed by atoms with van der Waals surface area (Å²) in [5, 5.41) is 3.15. The van der Waals surface area contributed by atoms with E-state index < -0.39 is 9.84 Å². The van der Waals surface area contributed by atoms with E-state index in [1.165, 1.54) is 6.07 Å². The van der Waals surface area contributed by atoms with Crippen molar-refractivity contribution in [1.29, 1.82) is 0 Å². The summed E-state index contributed by atoms with van der Waals surface area (Å²) in [5.41, 5.74) is 7.02. The molecule has 0 heterocycles. The first-order chi connectivity index (χ1) is 7.36. The molecule has 0 atom stereocenters. The predicted molar refractivity (Wildman–Crippen MR) is 67.3 cm³/mol. The molecule has 16 heavy (non-hydrogen) atoms. The zero-order chi connectivity index (χ0) is 12.3. The van der Waals surface area contributed by atoms with Crippen LogP contribution in [-0.4, -0.2) is 20.2 Å². The molecule has 0 radical (unpaired) electrons. The lowest BCUT2D eigenvalue weighted by Crippen LogP contribution is -2.12. The quantitative estimate of drug-likeness (QED) is 0.791. The fraction of sp³-hybridized carbons (Fsp3) is 0.455. The van der Waals surface area contributed by atoms with E-state index in [0.717, 1.165) is 5.69 Å². The number of hydrogen-bond donors (Lipinski definition) is 2. The predicted octanol–water partition coefficient (Wildman–Crippen LogP) is 1.88. The van der Waals surface area contributed by atoms with Crippen LogP contribution in [0.3, 0.4) is 0 Å². The number of nitrogen functional groups attached to an aromatic ring is 1. The molecule has 4 nitrogen and oxygen atoms in total. The molecule has 1 rings (SSSR count). The summed E-state index contributed by atoms with van der Waals surface area (Å²) in [6.45, 7) is 5.61. The van der Waals surface area contributed by atoms with Crippen molar-refractivity contribution in [3.8, 4) is 0 Å². The third kappa shape index (κ3) is 2.88. The van der Waals surface area contributed by atoms with Crippen LogP contribution >= 0.6 is 0 Å². The van der Waals surface area contributed by atoms with Gasteiger partial charge in [0.15, 0.2) is 9.84 Å². The molecule has 90 valence electrons. The molecule has 0 unspecified atom stereocenters. The van der Waals surface area contributed by atoms with Crippen molar-refractivity contribution in [3.05, 3.63) is 18.2 Å². The SMILES string of the molecule is CCS(=O)(=O)c1ccc(NC(C)C)c(N)c1. The van der Waals surface area contributed by atoms with Gasteiger partial charge in [-0.05, 0) is 32.0 Å². The first kappa shape index (κ1) is 12.8. The van der Waals surface area contributed by atoms with Gasteiger partial charge in [-0.2, -0.15) is 0 Å². The van der Waals surface area contributed by atoms with Gasteiger partial charge in [0.25, 0.3) is 0 Å². The Kier molecular flexibility index (Phi) is 3.80. The van der Waals surface area contributed by atoms with Crippen LogP contribution in [-0.2, 0) is 9.84 Å². The largest absolute Gasteiger partial charge is 0.397 e. The second kappa shape index (κ2) is 4.74. The Morgan fingerprint density at radius 3 is 2.44 bits per heavy atom.